The highest BCUT2D eigenvalue weighted by Crippen LogP contribution is 2.18. The van der Waals surface area contributed by atoms with Gasteiger partial charge in [-0.2, -0.15) is 0 Å². The minimum absolute atomic E-state index is 0.177. The van der Waals surface area contributed by atoms with Crippen LogP contribution < -0.4 is 5.32 Å². The fourth-order valence-electron chi connectivity index (χ4n) is 2.76. The summed E-state index contributed by atoms with van der Waals surface area (Å²) in [6.45, 7) is 6.22. The monoisotopic (exact) mass is 278 g/mol. The van der Waals surface area contributed by atoms with Crippen LogP contribution in [0, 0.1) is 12.7 Å². The van der Waals surface area contributed by atoms with Crippen LogP contribution in [0.5, 0.6) is 0 Å². The van der Waals surface area contributed by atoms with Gasteiger partial charge in [0, 0.05) is 19.1 Å². The molecule has 0 aromatic heterocycles. The van der Waals surface area contributed by atoms with Crippen LogP contribution in [0.15, 0.2) is 18.2 Å². The molecule has 1 fully saturated rings. The largest absolute Gasteiger partial charge is 0.334 e. The van der Waals surface area contributed by atoms with Crippen LogP contribution in [0.1, 0.15) is 42.1 Å². The summed E-state index contributed by atoms with van der Waals surface area (Å²) in [5.41, 5.74) is 0.720. The van der Waals surface area contributed by atoms with Gasteiger partial charge in [-0.1, -0.05) is 19.1 Å². The zero-order chi connectivity index (χ0) is 14.5. The number of rotatable bonds is 4. The van der Waals surface area contributed by atoms with Gasteiger partial charge in [0.1, 0.15) is 5.82 Å². The van der Waals surface area contributed by atoms with Crippen molar-refractivity contribution < 1.29 is 9.18 Å². The minimum Gasteiger partial charge on any atom is -0.334 e. The number of carbonyl (C=O) groups is 1. The zero-order valence-corrected chi connectivity index (χ0v) is 12.3. The van der Waals surface area contributed by atoms with Gasteiger partial charge < -0.3 is 10.2 Å². The molecule has 1 N–H and O–H groups in total. The molecular formula is C16H23FN2O. The normalized spacial score (nSPS) is 18.9. The van der Waals surface area contributed by atoms with Gasteiger partial charge in [-0.3, -0.25) is 4.79 Å². The molecule has 0 spiro atoms. The molecule has 1 atom stereocenters. The molecular weight excluding hydrogens is 255 g/mol. The summed E-state index contributed by atoms with van der Waals surface area (Å²) in [6.07, 6.45) is 2.94. The van der Waals surface area contributed by atoms with Crippen molar-refractivity contribution in [3.63, 3.8) is 0 Å². The molecule has 1 amide bonds. The first-order chi connectivity index (χ1) is 9.65. The Morgan fingerprint density at radius 3 is 2.95 bits per heavy atom. The van der Waals surface area contributed by atoms with Gasteiger partial charge in [0.25, 0.3) is 5.91 Å². The van der Waals surface area contributed by atoms with Crippen LogP contribution in [-0.4, -0.2) is 36.5 Å². The Hall–Kier alpha value is -1.42. The number of halogens is 1. The van der Waals surface area contributed by atoms with Gasteiger partial charge in [-0.15, -0.1) is 0 Å². The Bertz CT molecular complexity index is 470. The number of nitrogens with one attached hydrogen (secondary N) is 1. The summed E-state index contributed by atoms with van der Waals surface area (Å²) in [4.78, 5) is 14.5. The Balaban J connectivity index is 2.23. The van der Waals surface area contributed by atoms with E-state index in [-0.39, 0.29) is 23.3 Å². The van der Waals surface area contributed by atoms with Crippen molar-refractivity contribution in [1.82, 2.24) is 10.2 Å². The lowest BCUT2D eigenvalue weighted by Gasteiger charge is -2.34. The van der Waals surface area contributed by atoms with Crippen LogP contribution >= 0.6 is 0 Å². The average Bonchev–Trinajstić information content (AvgIpc) is 2.48. The maximum absolute atomic E-state index is 14.2. The van der Waals surface area contributed by atoms with Gasteiger partial charge in [-0.25, -0.2) is 4.39 Å². The zero-order valence-electron chi connectivity index (χ0n) is 12.3. The second-order valence-electron chi connectivity index (χ2n) is 5.44. The number of hydrogen-bond donors (Lipinski definition) is 1. The fraction of sp³-hybridized carbons (Fsp3) is 0.562. The van der Waals surface area contributed by atoms with Crippen LogP contribution in [0.4, 0.5) is 4.39 Å². The molecule has 1 unspecified atom stereocenters. The quantitative estimate of drug-likeness (QED) is 0.918. The maximum Gasteiger partial charge on any atom is 0.257 e. The summed E-state index contributed by atoms with van der Waals surface area (Å²) in [5.74, 6) is -0.566. The molecule has 110 valence electrons. The molecule has 0 bridgehead atoms. The average molecular weight is 278 g/mol. The SMILES string of the molecule is CCCN(C(=O)c1cccc(C)c1F)C1CCCNC1. The van der Waals surface area contributed by atoms with Crippen molar-refractivity contribution >= 4 is 5.91 Å². The smallest absolute Gasteiger partial charge is 0.257 e. The minimum atomic E-state index is -0.387. The van der Waals surface area contributed by atoms with E-state index in [0.717, 1.165) is 32.4 Å². The summed E-state index contributed by atoms with van der Waals surface area (Å²) in [5, 5.41) is 3.32. The fourth-order valence-corrected chi connectivity index (χ4v) is 2.76. The van der Waals surface area contributed by atoms with Gasteiger partial charge in [-0.05, 0) is 44.4 Å². The standard InChI is InChI=1S/C16H23FN2O/c1-3-10-19(13-7-5-9-18-11-13)16(20)14-8-4-6-12(2)15(14)17/h4,6,8,13,18H,3,5,7,9-11H2,1-2H3. The summed E-state index contributed by atoms with van der Waals surface area (Å²) in [7, 11) is 0. The highest BCUT2D eigenvalue weighted by Gasteiger charge is 2.27. The van der Waals surface area contributed by atoms with E-state index in [2.05, 4.69) is 5.32 Å². The highest BCUT2D eigenvalue weighted by atomic mass is 19.1. The predicted octanol–water partition coefficient (Wildman–Crippen LogP) is 2.74. The number of aryl methyl sites for hydroxylation is 1. The molecule has 0 aliphatic carbocycles. The number of benzene rings is 1. The van der Waals surface area contributed by atoms with E-state index in [1.54, 1.807) is 25.1 Å². The van der Waals surface area contributed by atoms with Crippen molar-refractivity contribution in [2.24, 2.45) is 0 Å². The van der Waals surface area contributed by atoms with Gasteiger partial charge >= 0.3 is 0 Å². The molecule has 4 heteroatoms. The van der Waals surface area contributed by atoms with E-state index in [1.807, 2.05) is 11.8 Å². The van der Waals surface area contributed by atoms with Crippen molar-refractivity contribution in [3.05, 3.63) is 35.1 Å². The Morgan fingerprint density at radius 1 is 1.50 bits per heavy atom. The molecule has 1 aromatic carbocycles. The number of carbonyl (C=O) groups excluding carboxylic acids is 1. The molecule has 1 aromatic rings. The van der Waals surface area contributed by atoms with Gasteiger partial charge in [0.05, 0.1) is 5.56 Å². The van der Waals surface area contributed by atoms with Crippen molar-refractivity contribution in [2.75, 3.05) is 19.6 Å². The second kappa shape index (κ2) is 6.84. The lowest BCUT2D eigenvalue weighted by atomic mass is 10.0. The molecule has 1 aliphatic rings. The van der Waals surface area contributed by atoms with Crippen LogP contribution in [-0.2, 0) is 0 Å². The molecule has 1 heterocycles. The predicted molar refractivity (Wildman–Crippen MR) is 78.4 cm³/mol. The highest BCUT2D eigenvalue weighted by molar-refractivity contribution is 5.95. The van der Waals surface area contributed by atoms with Gasteiger partial charge in [0.15, 0.2) is 0 Å². The third-order valence-electron chi connectivity index (χ3n) is 3.86. The lowest BCUT2D eigenvalue weighted by Crippen LogP contribution is -2.49. The molecule has 2 rings (SSSR count). The molecule has 1 saturated heterocycles. The van der Waals surface area contributed by atoms with Gasteiger partial charge in [0.2, 0.25) is 0 Å². The van der Waals surface area contributed by atoms with E-state index < -0.39 is 0 Å². The summed E-state index contributed by atoms with van der Waals surface area (Å²) < 4.78 is 14.2. The van der Waals surface area contributed by atoms with E-state index in [1.165, 1.54) is 0 Å². The summed E-state index contributed by atoms with van der Waals surface area (Å²) >= 11 is 0. The van der Waals surface area contributed by atoms with E-state index >= 15 is 0 Å². The third kappa shape index (κ3) is 3.18. The Morgan fingerprint density at radius 2 is 2.30 bits per heavy atom. The lowest BCUT2D eigenvalue weighted by molar-refractivity contribution is 0.0644. The molecule has 3 nitrogen and oxygen atoms in total. The van der Waals surface area contributed by atoms with Crippen LogP contribution in [0.2, 0.25) is 0 Å². The van der Waals surface area contributed by atoms with Crippen molar-refractivity contribution in [1.29, 1.82) is 0 Å². The van der Waals surface area contributed by atoms with Crippen molar-refractivity contribution in [3.8, 4) is 0 Å². The molecule has 0 saturated carbocycles. The van der Waals surface area contributed by atoms with E-state index in [4.69, 9.17) is 0 Å². The topological polar surface area (TPSA) is 32.3 Å². The first kappa shape index (κ1) is 15.0. The number of amides is 1. The first-order valence-corrected chi connectivity index (χ1v) is 7.42. The summed E-state index contributed by atoms with van der Waals surface area (Å²) in [6, 6.07) is 5.20. The van der Waals surface area contributed by atoms with E-state index in [9.17, 15) is 9.18 Å². The molecule has 0 radical (unpaired) electrons. The molecule has 1 aliphatic heterocycles. The van der Waals surface area contributed by atoms with Crippen LogP contribution in [0.3, 0.4) is 0 Å². The maximum atomic E-state index is 14.2. The Kier molecular flexibility index (Phi) is 5.12. The van der Waals surface area contributed by atoms with E-state index in [0.29, 0.717) is 12.1 Å². The Labute approximate surface area is 120 Å². The molecule has 20 heavy (non-hydrogen) atoms. The number of piperidine rings is 1. The first-order valence-electron chi connectivity index (χ1n) is 7.42. The second-order valence-corrected chi connectivity index (χ2v) is 5.44. The third-order valence-corrected chi connectivity index (χ3v) is 3.86. The number of nitrogens with zero attached hydrogens (tertiary/aromatic N) is 1. The van der Waals surface area contributed by atoms with Crippen molar-refractivity contribution in [2.45, 2.75) is 39.2 Å². The number of hydrogen-bond acceptors (Lipinski definition) is 2. The van der Waals surface area contributed by atoms with Crippen LogP contribution in [0.25, 0.3) is 0 Å².